The molecular weight excluding hydrogens is 152 g/mol. The molecular formula is C10H16O2. The van der Waals surface area contributed by atoms with Crippen molar-refractivity contribution < 1.29 is 9.53 Å². The Hall–Kier alpha value is -0.370. The Kier molecular flexibility index (Phi) is 2.45. The molecule has 0 bridgehead atoms. The van der Waals surface area contributed by atoms with E-state index < -0.39 is 0 Å². The zero-order valence-electron chi connectivity index (χ0n) is 7.42. The molecule has 0 aromatic carbocycles. The Morgan fingerprint density at radius 1 is 1.25 bits per heavy atom. The van der Waals surface area contributed by atoms with Crippen LogP contribution in [0, 0.1) is 5.92 Å². The molecule has 1 atom stereocenters. The number of ether oxygens (including phenoxy) is 1. The molecule has 0 radical (unpaired) electrons. The Morgan fingerprint density at radius 3 is 2.58 bits per heavy atom. The molecule has 0 N–H and O–H groups in total. The molecule has 2 fully saturated rings. The Bertz CT molecular complexity index is 167. The third-order valence-electron chi connectivity index (χ3n) is 3.01. The first-order valence-electron chi connectivity index (χ1n) is 5.00. The van der Waals surface area contributed by atoms with Crippen molar-refractivity contribution in [3.05, 3.63) is 0 Å². The van der Waals surface area contributed by atoms with E-state index in [9.17, 15) is 4.79 Å². The van der Waals surface area contributed by atoms with E-state index in [1.165, 1.54) is 6.42 Å². The van der Waals surface area contributed by atoms with Crippen LogP contribution >= 0.6 is 0 Å². The summed E-state index contributed by atoms with van der Waals surface area (Å²) >= 11 is 0. The van der Waals surface area contributed by atoms with Crippen molar-refractivity contribution in [3.63, 3.8) is 0 Å². The van der Waals surface area contributed by atoms with Crippen molar-refractivity contribution in [3.8, 4) is 0 Å². The van der Waals surface area contributed by atoms with Gasteiger partial charge in [0.15, 0.2) is 0 Å². The number of ketones is 1. The number of hydrogen-bond acceptors (Lipinski definition) is 2. The molecule has 2 heteroatoms. The lowest BCUT2D eigenvalue weighted by Gasteiger charge is -2.24. The summed E-state index contributed by atoms with van der Waals surface area (Å²) in [6, 6.07) is 0. The molecule has 2 nitrogen and oxygen atoms in total. The van der Waals surface area contributed by atoms with E-state index in [1.54, 1.807) is 0 Å². The van der Waals surface area contributed by atoms with Gasteiger partial charge in [-0.2, -0.15) is 0 Å². The van der Waals surface area contributed by atoms with E-state index in [0.29, 0.717) is 18.1 Å². The zero-order chi connectivity index (χ0) is 8.39. The number of carbonyl (C=O) groups excluding carboxylic acids is 1. The molecule has 2 rings (SSSR count). The van der Waals surface area contributed by atoms with Crippen molar-refractivity contribution in [1.82, 2.24) is 0 Å². The number of Topliss-reactive ketones (excluding diaryl/α,β-unsaturated/α-hetero) is 1. The van der Waals surface area contributed by atoms with Crippen LogP contribution in [0.15, 0.2) is 0 Å². The second-order valence-electron chi connectivity index (χ2n) is 3.93. The smallest absolute Gasteiger partial charge is 0.138 e. The minimum atomic E-state index is 0.262. The van der Waals surface area contributed by atoms with Crippen LogP contribution in [-0.4, -0.2) is 18.5 Å². The summed E-state index contributed by atoms with van der Waals surface area (Å²) in [7, 11) is 0. The van der Waals surface area contributed by atoms with Gasteiger partial charge in [0.2, 0.25) is 0 Å². The van der Waals surface area contributed by atoms with Gasteiger partial charge in [-0.1, -0.05) is 6.42 Å². The van der Waals surface area contributed by atoms with Gasteiger partial charge in [-0.25, -0.2) is 0 Å². The quantitative estimate of drug-likeness (QED) is 0.643. The Labute approximate surface area is 73.3 Å². The fraction of sp³-hybridized carbons (Fsp3) is 0.900. The van der Waals surface area contributed by atoms with Gasteiger partial charge in [-0.05, 0) is 25.7 Å². The standard InChI is InChI=1S/C10H16O2/c11-10(8-3-1-4-8)7-9-5-2-6-12-9/h8-9H,1-7H2. The summed E-state index contributed by atoms with van der Waals surface area (Å²) in [4.78, 5) is 11.5. The SMILES string of the molecule is O=C(CC1CCCO1)C1CCC1. The van der Waals surface area contributed by atoms with Crippen LogP contribution in [-0.2, 0) is 9.53 Å². The highest BCUT2D eigenvalue weighted by Gasteiger charge is 2.28. The minimum absolute atomic E-state index is 0.262. The molecule has 0 aromatic heterocycles. The second kappa shape index (κ2) is 3.56. The normalized spacial score (nSPS) is 30.2. The highest BCUT2D eigenvalue weighted by molar-refractivity contribution is 5.82. The van der Waals surface area contributed by atoms with Crippen molar-refractivity contribution in [2.75, 3.05) is 6.61 Å². The van der Waals surface area contributed by atoms with Crippen LogP contribution in [0.4, 0.5) is 0 Å². The zero-order valence-corrected chi connectivity index (χ0v) is 7.42. The van der Waals surface area contributed by atoms with Crippen molar-refractivity contribution in [2.24, 2.45) is 5.92 Å². The summed E-state index contributed by atoms with van der Waals surface area (Å²) in [5.74, 6) is 0.849. The van der Waals surface area contributed by atoms with Gasteiger partial charge in [0.1, 0.15) is 5.78 Å². The average molecular weight is 168 g/mol. The predicted molar refractivity (Wildman–Crippen MR) is 45.9 cm³/mol. The maximum absolute atomic E-state index is 11.5. The molecule has 0 amide bonds. The third kappa shape index (κ3) is 1.69. The van der Waals surface area contributed by atoms with Crippen molar-refractivity contribution in [2.45, 2.75) is 44.6 Å². The second-order valence-corrected chi connectivity index (χ2v) is 3.93. The predicted octanol–water partition coefficient (Wildman–Crippen LogP) is 1.92. The first-order chi connectivity index (χ1) is 5.86. The van der Waals surface area contributed by atoms with E-state index in [4.69, 9.17) is 4.74 Å². The first-order valence-corrected chi connectivity index (χ1v) is 5.00. The molecule has 1 heterocycles. The first kappa shape index (κ1) is 8.24. The molecule has 0 aromatic rings. The van der Waals surface area contributed by atoms with Gasteiger partial charge in [-0.15, -0.1) is 0 Å². The van der Waals surface area contributed by atoms with E-state index in [1.807, 2.05) is 0 Å². The van der Waals surface area contributed by atoms with Gasteiger partial charge >= 0.3 is 0 Å². The summed E-state index contributed by atoms with van der Waals surface area (Å²) in [6.45, 7) is 0.864. The van der Waals surface area contributed by atoms with Crippen LogP contribution in [0.3, 0.4) is 0 Å². The number of carbonyl (C=O) groups is 1. The van der Waals surface area contributed by atoms with Crippen LogP contribution in [0.2, 0.25) is 0 Å². The van der Waals surface area contributed by atoms with E-state index in [2.05, 4.69) is 0 Å². The summed E-state index contributed by atoms with van der Waals surface area (Å²) < 4.78 is 5.42. The maximum atomic E-state index is 11.5. The Morgan fingerprint density at radius 2 is 2.08 bits per heavy atom. The van der Waals surface area contributed by atoms with Crippen LogP contribution in [0.25, 0.3) is 0 Å². The lowest BCUT2D eigenvalue weighted by molar-refractivity contribution is -0.127. The highest BCUT2D eigenvalue weighted by Crippen LogP contribution is 2.29. The van der Waals surface area contributed by atoms with Gasteiger partial charge in [0.25, 0.3) is 0 Å². The molecule has 1 unspecified atom stereocenters. The molecule has 1 aliphatic carbocycles. The van der Waals surface area contributed by atoms with Gasteiger partial charge < -0.3 is 4.74 Å². The maximum Gasteiger partial charge on any atom is 0.138 e. The molecule has 12 heavy (non-hydrogen) atoms. The summed E-state index contributed by atoms with van der Waals surface area (Å²) in [5.41, 5.74) is 0. The highest BCUT2D eigenvalue weighted by atomic mass is 16.5. The molecule has 1 aliphatic heterocycles. The average Bonchev–Trinajstić information content (AvgIpc) is 2.34. The van der Waals surface area contributed by atoms with Crippen LogP contribution in [0.5, 0.6) is 0 Å². The topological polar surface area (TPSA) is 26.3 Å². The molecule has 1 saturated carbocycles. The van der Waals surface area contributed by atoms with E-state index >= 15 is 0 Å². The lowest BCUT2D eigenvalue weighted by Crippen LogP contribution is -2.25. The fourth-order valence-electron chi connectivity index (χ4n) is 1.93. The third-order valence-corrected chi connectivity index (χ3v) is 3.01. The van der Waals surface area contributed by atoms with Crippen LogP contribution < -0.4 is 0 Å². The Balaban J connectivity index is 1.73. The lowest BCUT2D eigenvalue weighted by atomic mass is 9.80. The number of rotatable bonds is 3. The van der Waals surface area contributed by atoms with Gasteiger partial charge in [0, 0.05) is 18.9 Å². The van der Waals surface area contributed by atoms with E-state index in [-0.39, 0.29) is 6.10 Å². The number of hydrogen-bond donors (Lipinski definition) is 0. The molecule has 2 aliphatic rings. The van der Waals surface area contributed by atoms with Gasteiger partial charge in [0.05, 0.1) is 6.10 Å². The molecule has 1 saturated heterocycles. The van der Waals surface area contributed by atoms with Gasteiger partial charge in [-0.3, -0.25) is 4.79 Å². The van der Waals surface area contributed by atoms with Crippen molar-refractivity contribution >= 4 is 5.78 Å². The van der Waals surface area contributed by atoms with Crippen LogP contribution in [0.1, 0.15) is 38.5 Å². The fourth-order valence-corrected chi connectivity index (χ4v) is 1.93. The van der Waals surface area contributed by atoms with Crippen molar-refractivity contribution in [1.29, 1.82) is 0 Å². The summed E-state index contributed by atoms with van der Waals surface area (Å²) in [5, 5.41) is 0. The molecule has 0 spiro atoms. The minimum Gasteiger partial charge on any atom is -0.378 e. The largest absolute Gasteiger partial charge is 0.378 e. The van der Waals surface area contributed by atoms with E-state index in [0.717, 1.165) is 32.3 Å². The summed E-state index contributed by atoms with van der Waals surface area (Å²) in [6.07, 6.45) is 6.70. The monoisotopic (exact) mass is 168 g/mol. The molecule has 68 valence electrons.